The van der Waals surface area contributed by atoms with Gasteiger partial charge in [0.2, 0.25) is 0 Å². The molecule has 27 heavy (non-hydrogen) atoms. The van der Waals surface area contributed by atoms with Crippen LogP contribution in [0.25, 0.3) is 5.69 Å². The summed E-state index contributed by atoms with van der Waals surface area (Å²) in [5, 5.41) is 4.36. The molecule has 2 heterocycles. The molecule has 3 aromatic rings. The minimum atomic E-state index is -2.69. The first kappa shape index (κ1) is 18.8. The van der Waals surface area contributed by atoms with Crippen molar-refractivity contribution >= 4 is 5.91 Å². The highest BCUT2D eigenvalue weighted by Crippen LogP contribution is 2.19. The average Bonchev–Trinajstić information content (AvgIpc) is 3.28. The molecule has 3 rings (SSSR count). The van der Waals surface area contributed by atoms with Crippen LogP contribution in [0.3, 0.4) is 0 Å². The first-order valence-electron chi connectivity index (χ1n) is 8.61. The van der Waals surface area contributed by atoms with Gasteiger partial charge in [0.1, 0.15) is 5.82 Å². The van der Waals surface area contributed by atoms with Crippen LogP contribution in [0, 0.1) is 6.92 Å². The van der Waals surface area contributed by atoms with Crippen LogP contribution in [-0.2, 0) is 13.0 Å². The number of aryl methyl sites for hydroxylation is 1. The third-order valence-corrected chi connectivity index (χ3v) is 4.40. The number of benzene rings is 1. The molecule has 0 saturated carbocycles. The van der Waals surface area contributed by atoms with E-state index < -0.39 is 6.55 Å². The van der Waals surface area contributed by atoms with Gasteiger partial charge in [-0.25, -0.2) is 9.67 Å². The SMILES string of the molecule is CCc1c(C(=O)N(C)Cc2nccn2C(F)F)cnn1-c1ccc(C)cc1. The van der Waals surface area contributed by atoms with E-state index in [1.165, 1.54) is 23.5 Å². The quantitative estimate of drug-likeness (QED) is 0.663. The summed E-state index contributed by atoms with van der Waals surface area (Å²) in [7, 11) is 1.56. The molecule has 1 amide bonds. The molecular weight excluding hydrogens is 352 g/mol. The number of alkyl halides is 2. The predicted molar refractivity (Wildman–Crippen MR) is 97.0 cm³/mol. The zero-order chi connectivity index (χ0) is 19.6. The summed E-state index contributed by atoms with van der Waals surface area (Å²) >= 11 is 0. The normalized spacial score (nSPS) is 11.2. The van der Waals surface area contributed by atoms with Crippen LogP contribution in [-0.4, -0.2) is 37.2 Å². The summed E-state index contributed by atoms with van der Waals surface area (Å²) in [4.78, 5) is 18.2. The first-order valence-corrected chi connectivity index (χ1v) is 8.61. The van der Waals surface area contributed by atoms with E-state index in [4.69, 9.17) is 0 Å². The van der Waals surface area contributed by atoms with Crippen LogP contribution in [0.15, 0.2) is 42.9 Å². The zero-order valence-electron chi connectivity index (χ0n) is 15.4. The van der Waals surface area contributed by atoms with E-state index in [9.17, 15) is 13.6 Å². The Morgan fingerprint density at radius 3 is 2.59 bits per heavy atom. The van der Waals surface area contributed by atoms with Crippen molar-refractivity contribution in [3.8, 4) is 5.69 Å². The Morgan fingerprint density at radius 1 is 1.26 bits per heavy atom. The molecule has 0 aliphatic carbocycles. The molecule has 0 atom stereocenters. The van der Waals surface area contributed by atoms with Crippen molar-refractivity contribution < 1.29 is 13.6 Å². The van der Waals surface area contributed by atoms with Crippen molar-refractivity contribution in [3.63, 3.8) is 0 Å². The van der Waals surface area contributed by atoms with Gasteiger partial charge in [-0.2, -0.15) is 13.9 Å². The van der Waals surface area contributed by atoms with E-state index in [-0.39, 0.29) is 18.3 Å². The van der Waals surface area contributed by atoms with Gasteiger partial charge in [-0.1, -0.05) is 24.6 Å². The van der Waals surface area contributed by atoms with Crippen molar-refractivity contribution in [1.82, 2.24) is 24.2 Å². The first-order chi connectivity index (χ1) is 12.9. The van der Waals surface area contributed by atoms with Crippen molar-refractivity contribution in [2.24, 2.45) is 0 Å². The summed E-state index contributed by atoms with van der Waals surface area (Å²) in [5.41, 5.74) is 3.23. The number of hydrogen-bond donors (Lipinski definition) is 0. The number of nitrogens with zero attached hydrogens (tertiary/aromatic N) is 5. The molecule has 1 aromatic carbocycles. The van der Waals surface area contributed by atoms with Crippen LogP contribution in [0.4, 0.5) is 8.78 Å². The van der Waals surface area contributed by atoms with Gasteiger partial charge in [-0.3, -0.25) is 9.36 Å². The molecule has 0 bridgehead atoms. The van der Waals surface area contributed by atoms with Gasteiger partial charge in [0.05, 0.1) is 29.7 Å². The molecule has 0 saturated heterocycles. The summed E-state index contributed by atoms with van der Waals surface area (Å²) in [5.74, 6) is -0.154. The second kappa shape index (κ2) is 7.69. The topological polar surface area (TPSA) is 56.0 Å². The Bertz CT molecular complexity index is 930. The Hall–Kier alpha value is -3.03. The summed E-state index contributed by atoms with van der Waals surface area (Å²) in [6.45, 7) is 1.24. The maximum atomic E-state index is 13.0. The molecule has 8 heteroatoms. The molecule has 0 fully saturated rings. The van der Waals surface area contributed by atoms with Crippen LogP contribution in [0.5, 0.6) is 0 Å². The second-order valence-electron chi connectivity index (χ2n) is 6.30. The molecule has 0 unspecified atom stereocenters. The van der Waals surface area contributed by atoms with E-state index >= 15 is 0 Å². The fraction of sp³-hybridized carbons (Fsp3) is 0.316. The number of imidazole rings is 1. The fourth-order valence-electron chi connectivity index (χ4n) is 2.93. The predicted octanol–water partition coefficient (Wildman–Crippen LogP) is 3.61. The lowest BCUT2D eigenvalue weighted by molar-refractivity contribution is 0.0612. The van der Waals surface area contributed by atoms with Crippen LogP contribution in [0.2, 0.25) is 0 Å². The van der Waals surface area contributed by atoms with Gasteiger partial charge in [0.25, 0.3) is 5.91 Å². The molecule has 0 spiro atoms. The zero-order valence-corrected chi connectivity index (χ0v) is 15.4. The standard InChI is InChI=1S/C19H21F2N5O/c1-4-16-15(11-23-26(16)14-7-5-13(2)6-8-14)18(27)24(3)12-17-22-9-10-25(17)19(20)21/h5-11,19H,4,12H2,1-3H3. The van der Waals surface area contributed by atoms with Crippen molar-refractivity contribution in [2.75, 3.05) is 7.05 Å². The maximum absolute atomic E-state index is 13.0. The van der Waals surface area contributed by atoms with Gasteiger partial charge in [0.15, 0.2) is 0 Å². The monoisotopic (exact) mass is 373 g/mol. The Kier molecular flexibility index (Phi) is 5.34. The van der Waals surface area contributed by atoms with Crippen LogP contribution < -0.4 is 0 Å². The van der Waals surface area contributed by atoms with Crippen molar-refractivity contribution in [1.29, 1.82) is 0 Å². The van der Waals surface area contributed by atoms with Gasteiger partial charge in [-0.15, -0.1) is 0 Å². The minimum Gasteiger partial charge on any atom is -0.334 e. The van der Waals surface area contributed by atoms with Crippen LogP contribution >= 0.6 is 0 Å². The molecule has 0 aliphatic heterocycles. The Morgan fingerprint density at radius 2 is 1.96 bits per heavy atom. The number of halogens is 2. The van der Waals surface area contributed by atoms with Crippen molar-refractivity contribution in [2.45, 2.75) is 33.4 Å². The van der Waals surface area contributed by atoms with Gasteiger partial charge < -0.3 is 4.90 Å². The van der Waals surface area contributed by atoms with E-state index in [2.05, 4.69) is 10.1 Å². The molecule has 0 radical (unpaired) electrons. The highest BCUT2D eigenvalue weighted by Gasteiger charge is 2.22. The lowest BCUT2D eigenvalue weighted by Crippen LogP contribution is -2.28. The Balaban J connectivity index is 1.86. The summed E-state index contributed by atoms with van der Waals surface area (Å²) in [6, 6.07) is 7.85. The fourth-order valence-corrected chi connectivity index (χ4v) is 2.93. The number of rotatable bonds is 6. The Labute approximate surface area is 156 Å². The number of carbonyl (C=O) groups is 1. The molecule has 2 aromatic heterocycles. The van der Waals surface area contributed by atoms with Gasteiger partial charge in [-0.05, 0) is 25.5 Å². The van der Waals surface area contributed by atoms with Crippen molar-refractivity contribution in [3.05, 3.63) is 65.5 Å². The summed E-state index contributed by atoms with van der Waals surface area (Å²) in [6.07, 6.45) is 4.63. The molecule has 0 aliphatic rings. The van der Waals surface area contributed by atoms with Gasteiger partial charge in [0, 0.05) is 19.4 Å². The highest BCUT2D eigenvalue weighted by atomic mass is 19.3. The number of hydrogen-bond acceptors (Lipinski definition) is 3. The lowest BCUT2D eigenvalue weighted by atomic mass is 10.1. The number of amides is 1. The maximum Gasteiger partial charge on any atom is 0.319 e. The average molecular weight is 373 g/mol. The number of aromatic nitrogens is 4. The smallest absolute Gasteiger partial charge is 0.319 e. The van der Waals surface area contributed by atoms with Gasteiger partial charge >= 0.3 is 6.55 Å². The van der Waals surface area contributed by atoms with Crippen LogP contribution in [0.1, 0.15) is 40.9 Å². The number of carbonyl (C=O) groups excluding carboxylic acids is 1. The van der Waals surface area contributed by atoms with E-state index in [1.807, 2.05) is 38.1 Å². The molecule has 6 nitrogen and oxygen atoms in total. The van der Waals surface area contributed by atoms with E-state index in [0.29, 0.717) is 12.0 Å². The summed E-state index contributed by atoms with van der Waals surface area (Å²) < 4.78 is 28.4. The molecule has 0 N–H and O–H groups in total. The van der Waals surface area contributed by atoms with E-state index in [1.54, 1.807) is 11.7 Å². The third-order valence-electron chi connectivity index (χ3n) is 4.40. The highest BCUT2D eigenvalue weighted by molar-refractivity contribution is 5.95. The minimum absolute atomic E-state index is 0.0188. The molecular formula is C19H21F2N5O. The van der Waals surface area contributed by atoms with E-state index in [0.717, 1.165) is 21.5 Å². The second-order valence-corrected chi connectivity index (χ2v) is 6.30. The largest absolute Gasteiger partial charge is 0.334 e. The third kappa shape index (κ3) is 3.74. The molecule has 142 valence electrons. The lowest BCUT2D eigenvalue weighted by Gasteiger charge is -2.18.